The second kappa shape index (κ2) is 5.71. The van der Waals surface area contributed by atoms with E-state index in [4.69, 9.17) is 0 Å². The van der Waals surface area contributed by atoms with Crippen LogP contribution in [0.15, 0.2) is 17.8 Å². The highest BCUT2D eigenvalue weighted by atomic mass is 32.1. The maximum absolute atomic E-state index is 11.6. The Morgan fingerprint density at radius 2 is 2.26 bits per heavy atom. The Balaban J connectivity index is 1.69. The molecule has 0 saturated carbocycles. The minimum Gasteiger partial charge on any atom is -0.351 e. The van der Waals surface area contributed by atoms with Gasteiger partial charge >= 0.3 is 0 Å². The number of hydrogen-bond donors (Lipinski definition) is 2. The van der Waals surface area contributed by atoms with Gasteiger partial charge in [0, 0.05) is 42.8 Å². The van der Waals surface area contributed by atoms with Gasteiger partial charge in [-0.1, -0.05) is 0 Å². The van der Waals surface area contributed by atoms with E-state index in [1.165, 1.54) is 0 Å². The van der Waals surface area contributed by atoms with Gasteiger partial charge in [-0.3, -0.25) is 9.20 Å². The lowest BCUT2D eigenvalue weighted by Crippen LogP contribution is -2.41. The first-order chi connectivity index (χ1) is 8.94. The zero-order valence-electron chi connectivity index (χ0n) is 11.6. The third-order valence-electron chi connectivity index (χ3n) is 2.49. The lowest BCUT2D eigenvalue weighted by Gasteiger charge is -2.20. The first-order valence-corrected chi connectivity index (χ1v) is 7.25. The summed E-state index contributed by atoms with van der Waals surface area (Å²) in [6.07, 6.45) is 4.49. The molecule has 104 valence electrons. The van der Waals surface area contributed by atoms with Crippen molar-refractivity contribution in [2.24, 2.45) is 0 Å². The number of amides is 1. The normalized spacial score (nSPS) is 11.9. The van der Waals surface area contributed by atoms with Gasteiger partial charge in [-0.2, -0.15) is 0 Å². The third kappa shape index (κ3) is 4.33. The summed E-state index contributed by atoms with van der Waals surface area (Å²) in [5.41, 5.74) is 0.841. The summed E-state index contributed by atoms with van der Waals surface area (Å²) in [5.74, 6) is 0.0748. The van der Waals surface area contributed by atoms with Crippen LogP contribution < -0.4 is 10.6 Å². The molecule has 0 saturated heterocycles. The number of carbonyl (C=O) groups excluding carboxylic acids is 1. The van der Waals surface area contributed by atoms with Crippen molar-refractivity contribution in [2.45, 2.75) is 39.3 Å². The molecule has 0 aliphatic rings. The molecule has 6 heteroatoms. The third-order valence-corrected chi connectivity index (χ3v) is 3.26. The summed E-state index contributed by atoms with van der Waals surface area (Å²) < 4.78 is 2.01. The Kier molecular flexibility index (Phi) is 4.21. The fourth-order valence-corrected chi connectivity index (χ4v) is 2.48. The van der Waals surface area contributed by atoms with Gasteiger partial charge in [0.2, 0.25) is 5.91 Å². The van der Waals surface area contributed by atoms with E-state index in [1.54, 1.807) is 11.3 Å². The largest absolute Gasteiger partial charge is 0.351 e. The van der Waals surface area contributed by atoms with Crippen molar-refractivity contribution in [3.8, 4) is 0 Å². The number of nitrogens with zero attached hydrogens (tertiary/aromatic N) is 2. The molecule has 0 aliphatic heterocycles. The highest BCUT2D eigenvalue weighted by molar-refractivity contribution is 7.15. The molecule has 2 aromatic heterocycles. The summed E-state index contributed by atoms with van der Waals surface area (Å²) in [6, 6.07) is 0. The quantitative estimate of drug-likeness (QED) is 0.821. The van der Waals surface area contributed by atoms with Gasteiger partial charge < -0.3 is 10.6 Å². The zero-order chi connectivity index (χ0) is 13.9. The van der Waals surface area contributed by atoms with E-state index in [9.17, 15) is 4.79 Å². The molecule has 2 aromatic rings. The lowest BCUT2D eigenvalue weighted by molar-refractivity contribution is -0.122. The van der Waals surface area contributed by atoms with E-state index in [1.807, 2.05) is 42.9 Å². The molecule has 0 bridgehead atoms. The second-order valence-electron chi connectivity index (χ2n) is 5.55. The smallest absolute Gasteiger partial charge is 0.221 e. The average Bonchev–Trinajstić information content (AvgIpc) is 2.81. The molecule has 0 spiro atoms. The first-order valence-electron chi connectivity index (χ1n) is 6.37. The predicted molar refractivity (Wildman–Crippen MR) is 77.3 cm³/mol. The summed E-state index contributed by atoms with van der Waals surface area (Å²) in [6.45, 7) is 7.30. The van der Waals surface area contributed by atoms with Crippen LogP contribution in [0, 0.1) is 0 Å². The molecule has 2 rings (SSSR count). The SMILES string of the molecule is CC(C)(C)NC(=O)CCNCc1cn2ccsc2n1. The Morgan fingerprint density at radius 3 is 2.95 bits per heavy atom. The molecule has 0 aliphatic carbocycles. The van der Waals surface area contributed by atoms with Gasteiger partial charge in [0.1, 0.15) is 0 Å². The van der Waals surface area contributed by atoms with Crippen molar-refractivity contribution in [1.82, 2.24) is 20.0 Å². The molecule has 0 atom stereocenters. The number of hydrogen-bond acceptors (Lipinski definition) is 4. The van der Waals surface area contributed by atoms with Crippen molar-refractivity contribution in [3.63, 3.8) is 0 Å². The molecule has 0 unspecified atom stereocenters. The maximum Gasteiger partial charge on any atom is 0.221 e. The van der Waals surface area contributed by atoms with Crippen LogP contribution >= 0.6 is 11.3 Å². The van der Waals surface area contributed by atoms with Crippen molar-refractivity contribution < 1.29 is 4.79 Å². The molecule has 19 heavy (non-hydrogen) atoms. The van der Waals surface area contributed by atoms with E-state index in [0.717, 1.165) is 10.7 Å². The van der Waals surface area contributed by atoms with E-state index < -0.39 is 0 Å². The summed E-state index contributed by atoms with van der Waals surface area (Å²) >= 11 is 1.62. The lowest BCUT2D eigenvalue weighted by atomic mass is 10.1. The van der Waals surface area contributed by atoms with Gasteiger partial charge in [0.25, 0.3) is 0 Å². The molecule has 0 fully saturated rings. The summed E-state index contributed by atoms with van der Waals surface area (Å²) in [4.78, 5) is 17.1. The Bertz CT molecular complexity index is 524. The highest BCUT2D eigenvalue weighted by Crippen LogP contribution is 2.10. The van der Waals surface area contributed by atoms with Crippen LogP contribution in [0.1, 0.15) is 32.9 Å². The summed E-state index contributed by atoms with van der Waals surface area (Å²) in [7, 11) is 0. The molecular weight excluding hydrogens is 260 g/mol. The molecule has 2 N–H and O–H groups in total. The standard InChI is InChI=1S/C13H20N4OS/c1-13(2,3)16-11(18)4-5-14-8-10-9-17-6-7-19-12(17)15-10/h6-7,9,14H,4-5,8H2,1-3H3,(H,16,18). The van der Waals surface area contributed by atoms with Gasteiger partial charge in [-0.15, -0.1) is 11.3 Å². The Hall–Kier alpha value is -1.40. The van der Waals surface area contributed by atoms with Gasteiger partial charge in [0.15, 0.2) is 4.96 Å². The topological polar surface area (TPSA) is 58.4 Å². The Labute approximate surface area is 117 Å². The zero-order valence-corrected chi connectivity index (χ0v) is 12.4. The van der Waals surface area contributed by atoms with Crippen LogP contribution in [0.25, 0.3) is 4.96 Å². The number of rotatable bonds is 5. The van der Waals surface area contributed by atoms with E-state index in [0.29, 0.717) is 19.5 Å². The van der Waals surface area contributed by atoms with Crippen molar-refractivity contribution in [3.05, 3.63) is 23.5 Å². The highest BCUT2D eigenvalue weighted by Gasteiger charge is 2.12. The molecule has 1 amide bonds. The number of carbonyl (C=O) groups is 1. The fourth-order valence-electron chi connectivity index (χ4n) is 1.76. The molecule has 0 aromatic carbocycles. The molecule has 0 radical (unpaired) electrons. The summed E-state index contributed by atoms with van der Waals surface area (Å²) in [5, 5.41) is 8.19. The number of fused-ring (bicyclic) bond motifs is 1. The predicted octanol–water partition coefficient (Wildman–Crippen LogP) is 1.79. The van der Waals surface area contributed by atoms with E-state index in [2.05, 4.69) is 15.6 Å². The molecule has 2 heterocycles. The molecular formula is C13H20N4OS. The van der Waals surface area contributed by atoms with Crippen molar-refractivity contribution in [1.29, 1.82) is 0 Å². The van der Waals surface area contributed by atoms with Gasteiger partial charge in [0.05, 0.1) is 5.69 Å². The molecule has 5 nitrogen and oxygen atoms in total. The van der Waals surface area contributed by atoms with E-state index >= 15 is 0 Å². The Morgan fingerprint density at radius 1 is 1.47 bits per heavy atom. The maximum atomic E-state index is 11.6. The fraction of sp³-hybridized carbons (Fsp3) is 0.538. The van der Waals surface area contributed by atoms with Crippen LogP contribution in [-0.2, 0) is 11.3 Å². The minimum atomic E-state index is -0.161. The second-order valence-corrected chi connectivity index (χ2v) is 6.42. The van der Waals surface area contributed by atoms with Crippen LogP contribution in [-0.4, -0.2) is 27.4 Å². The number of nitrogens with one attached hydrogen (secondary N) is 2. The number of thiazole rings is 1. The number of aromatic nitrogens is 2. The first kappa shape index (κ1) is 14.0. The van der Waals surface area contributed by atoms with Crippen LogP contribution in [0.3, 0.4) is 0 Å². The van der Waals surface area contributed by atoms with Gasteiger partial charge in [-0.25, -0.2) is 4.98 Å². The monoisotopic (exact) mass is 280 g/mol. The average molecular weight is 280 g/mol. The van der Waals surface area contributed by atoms with Gasteiger partial charge in [-0.05, 0) is 20.8 Å². The minimum absolute atomic E-state index is 0.0748. The number of imidazole rings is 1. The van der Waals surface area contributed by atoms with Crippen molar-refractivity contribution >= 4 is 22.2 Å². The van der Waals surface area contributed by atoms with Crippen LogP contribution in [0.4, 0.5) is 0 Å². The van der Waals surface area contributed by atoms with Crippen molar-refractivity contribution in [2.75, 3.05) is 6.54 Å². The van der Waals surface area contributed by atoms with Crippen LogP contribution in [0.2, 0.25) is 0 Å². The van der Waals surface area contributed by atoms with E-state index in [-0.39, 0.29) is 11.4 Å². The van der Waals surface area contributed by atoms with Crippen LogP contribution in [0.5, 0.6) is 0 Å².